The molecule has 0 aliphatic rings. The van der Waals surface area contributed by atoms with Gasteiger partial charge in [-0.15, -0.1) is 0 Å². The highest BCUT2D eigenvalue weighted by molar-refractivity contribution is 6.33. The number of benzene rings is 2. The molecular formula is C15H10ClFN2O2. The number of carbonyl (C=O) groups is 1. The molecule has 21 heavy (non-hydrogen) atoms. The zero-order valence-corrected chi connectivity index (χ0v) is 11.4. The quantitative estimate of drug-likeness (QED) is 0.701. The average Bonchev–Trinajstić information content (AvgIpc) is 2.86. The summed E-state index contributed by atoms with van der Waals surface area (Å²) < 4.78 is 19.0. The Labute approximate surface area is 124 Å². The topological polar surface area (TPSA) is 68.3 Å². The molecule has 0 fully saturated rings. The molecular weight excluding hydrogens is 295 g/mol. The maximum absolute atomic E-state index is 13.6. The van der Waals surface area contributed by atoms with Crippen molar-refractivity contribution in [3.8, 4) is 0 Å². The fourth-order valence-electron chi connectivity index (χ4n) is 1.97. The number of hydrogen-bond donors (Lipinski definition) is 2. The number of amides is 1. The highest BCUT2D eigenvalue weighted by Gasteiger charge is 2.16. The van der Waals surface area contributed by atoms with Crippen LogP contribution in [0.3, 0.4) is 0 Å². The lowest BCUT2D eigenvalue weighted by Crippen LogP contribution is -2.12. The van der Waals surface area contributed by atoms with Crippen LogP contribution < -0.4 is 11.1 Å². The van der Waals surface area contributed by atoms with E-state index in [-0.39, 0.29) is 16.5 Å². The van der Waals surface area contributed by atoms with E-state index in [0.717, 1.165) is 0 Å². The van der Waals surface area contributed by atoms with Crippen LogP contribution in [-0.4, -0.2) is 5.91 Å². The van der Waals surface area contributed by atoms with E-state index < -0.39 is 11.7 Å². The van der Waals surface area contributed by atoms with Gasteiger partial charge in [0.2, 0.25) is 0 Å². The second kappa shape index (κ2) is 5.10. The van der Waals surface area contributed by atoms with E-state index in [1.165, 1.54) is 24.3 Å². The Balaban J connectivity index is 1.94. The Bertz CT molecular complexity index is 825. The van der Waals surface area contributed by atoms with Crippen molar-refractivity contribution >= 4 is 39.9 Å². The number of anilines is 2. The van der Waals surface area contributed by atoms with Crippen LogP contribution in [0.15, 0.2) is 46.9 Å². The van der Waals surface area contributed by atoms with E-state index >= 15 is 0 Å². The molecule has 0 aliphatic heterocycles. The Morgan fingerprint density at radius 1 is 1.24 bits per heavy atom. The molecule has 106 valence electrons. The van der Waals surface area contributed by atoms with Gasteiger partial charge in [0.15, 0.2) is 5.76 Å². The average molecular weight is 305 g/mol. The molecule has 3 N–H and O–H groups in total. The minimum atomic E-state index is -0.615. The highest BCUT2D eigenvalue weighted by atomic mass is 35.5. The van der Waals surface area contributed by atoms with Crippen LogP contribution in [0.1, 0.15) is 10.6 Å². The highest BCUT2D eigenvalue weighted by Crippen LogP contribution is 2.27. The van der Waals surface area contributed by atoms with Gasteiger partial charge in [0.25, 0.3) is 5.91 Å². The van der Waals surface area contributed by atoms with Crippen molar-refractivity contribution in [3.05, 3.63) is 59.1 Å². The summed E-state index contributed by atoms with van der Waals surface area (Å²) >= 11 is 5.86. The van der Waals surface area contributed by atoms with Crippen LogP contribution in [0.25, 0.3) is 11.0 Å². The number of para-hydroxylation sites is 1. The summed E-state index contributed by atoms with van der Waals surface area (Å²) in [6.45, 7) is 0. The van der Waals surface area contributed by atoms with Gasteiger partial charge in [0.1, 0.15) is 11.4 Å². The van der Waals surface area contributed by atoms with Gasteiger partial charge in [-0.3, -0.25) is 4.79 Å². The van der Waals surface area contributed by atoms with E-state index in [4.69, 9.17) is 21.8 Å². The number of furan rings is 1. The molecule has 3 rings (SSSR count). The summed E-state index contributed by atoms with van der Waals surface area (Å²) in [5.41, 5.74) is 6.67. The lowest BCUT2D eigenvalue weighted by atomic mass is 10.2. The number of nitrogens with one attached hydrogen (secondary N) is 1. The predicted molar refractivity (Wildman–Crippen MR) is 80.0 cm³/mol. The third-order valence-corrected chi connectivity index (χ3v) is 3.28. The first kappa shape index (κ1) is 13.5. The van der Waals surface area contributed by atoms with Gasteiger partial charge in [-0.05, 0) is 36.4 Å². The van der Waals surface area contributed by atoms with Crippen LogP contribution in [0.4, 0.5) is 15.8 Å². The summed E-state index contributed by atoms with van der Waals surface area (Å²) in [7, 11) is 0. The lowest BCUT2D eigenvalue weighted by Gasteiger charge is -2.06. The van der Waals surface area contributed by atoms with Crippen molar-refractivity contribution in [1.29, 1.82) is 0 Å². The third-order valence-electron chi connectivity index (χ3n) is 2.97. The van der Waals surface area contributed by atoms with Crippen LogP contribution in [0, 0.1) is 5.82 Å². The summed E-state index contributed by atoms with van der Waals surface area (Å²) in [5, 5.41) is 3.21. The number of rotatable bonds is 2. The smallest absolute Gasteiger partial charge is 0.291 e. The van der Waals surface area contributed by atoms with Gasteiger partial charge < -0.3 is 15.5 Å². The molecule has 1 amide bonds. The Morgan fingerprint density at radius 2 is 2.05 bits per heavy atom. The molecule has 0 atom stereocenters. The van der Waals surface area contributed by atoms with Crippen molar-refractivity contribution in [2.24, 2.45) is 0 Å². The molecule has 0 saturated heterocycles. The number of hydrogen-bond acceptors (Lipinski definition) is 3. The van der Waals surface area contributed by atoms with Crippen molar-refractivity contribution in [2.45, 2.75) is 0 Å². The second-order valence-corrected chi connectivity index (χ2v) is 4.87. The van der Waals surface area contributed by atoms with Crippen molar-refractivity contribution < 1.29 is 13.6 Å². The van der Waals surface area contributed by atoms with Crippen molar-refractivity contribution in [2.75, 3.05) is 11.1 Å². The Morgan fingerprint density at radius 3 is 2.81 bits per heavy atom. The van der Waals surface area contributed by atoms with Gasteiger partial charge in [-0.25, -0.2) is 4.39 Å². The molecule has 1 aromatic heterocycles. The first-order valence-corrected chi connectivity index (χ1v) is 6.47. The summed E-state index contributed by atoms with van der Waals surface area (Å²) in [4.78, 5) is 12.1. The molecule has 0 bridgehead atoms. The molecule has 6 heteroatoms. The van der Waals surface area contributed by atoms with Crippen LogP contribution in [-0.2, 0) is 0 Å². The molecule has 0 aliphatic carbocycles. The molecule has 0 unspecified atom stereocenters. The maximum atomic E-state index is 13.6. The number of fused-ring (bicyclic) bond motifs is 1. The SMILES string of the molecule is Nc1ccc2oc(C(=O)Nc3c(F)cccc3Cl)cc2c1. The largest absolute Gasteiger partial charge is 0.451 e. The monoisotopic (exact) mass is 304 g/mol. The fourth-order valence-corrected chi connectivity index (χ4v) is 2.18. The molecule has 2 aromatic carbocycles. The first-order chi connectivity index (χ1) is 10.0. The van der Waals surface area contributed by atoms with Gasteiger partial charge in [0.05, 0.1) is 10.7 Å². The van der Waals surface area contributed by atoms with E-state index in [1.807, 2.05) is 0 Å². The fraction of sp³-hybridized carbons (Fsp3) is 0. The number of halogens is 2. The molecule has 3 aromatic rings. The van der Waals surface area contributed by atoms with Crippen LogP contribution in [0.5, 0.6) is 0 Å². The molecule has 0 spiro atoms. The zero-order valence-electron chi connectivity index (χ0n) is 10.7. The lowest BCUT2D eigenvalue weighted by molar-refractivity contribution is 0.0998. The van der Waals surface area contributed by atoms with Crippen LogP contribution in [0.2, 0.25) is 5.02 Å². The third kappa shape index (κ3) is 2.55. The number of nitrogen functional groups attached to an aromatic ring is 1. The van der Waals surface area contributed by atoms with Gasteiger partial charge in [0, 0.05) is 11.1 Å². The summed E-state index contributed by atoms with van der Waals surface area (Å²) in [5.74, 6) is -1.15. The first-order valence-electron chi connectivity index (χ1n) is 6.09. The number of nitrogens with two attached hydrogens (primary N) is 1. The zero-order chi connectivity index (χ0) is 15.0. The van der Waals surface area contributed by atoms with Crippen molar-refractivity contribution in [3.63, 3.8) is 0 Å². The molecule has 0 saturated carbocycles. The molecule has 0 radical (unpaired) electrons. The molecule has 1 heterocycles. The second-order valence-electron chi connectivity index (χ2n) is 4.46. The Kier molecular flexibility index (Phi) is 3.27. The Hall–Kier alpha value is -2.53. The normalized spacial score (nSPS) is 10.8. The summed E-state index contributed by atoms with van der Waals surface area (Å²) in [6.07, 6.45) is 0. The van der Waals surface area contributed by atoms with Crippen LogP contribution >= 0.6 is 11.6 Å². The summed E-state index contributed by atoms with van der Waals surface area (Å²) in [6, 6.07) is 10.7. The minimum Gasteiger partial charge on any atom is -0.451 e. The van der Waals surface area contributed by atoms with E-state index in [1.54, 1.807) is 18.2 Å². The van der Waals surface area contributed by atoms with E-state index in [0.29, 0.717) is 16.7 Å². The minimum absolute atomic E-state index is 0.0509. The predicted octanol–water partition coefficient (Wildman–Crippen LogP) is 4.06. The van der Waals surface area contributed by atoms with Gasteiger partial charge in [-0.2, -0.15) is 0 Å². The molecule has 4 nitrogen and oxygen atoms in total. The van der Waals surface area contributed by atoms with E-state index in [2.05, 4.69) is 5.32 Å². The van der Waals surface area contributed by atoms with E-state index in [9.17, 15) is 9.18 Å². The standard InChI is InChI=1S/C15H10ClFN2O2/c16-10-2-1-3-11(17)14(10)19-15(20)13-7-8-6-9(18)4-5-12(8)21-13/h1-7H,18H2,(H,19,20). The maximum Gasteiger partial charge on any atom is 0.291 e. The van der Waals surface area contributed by atoms with Gasteiger partial charge in [-0.1, -0.05) is 17.7 Å². The number of carbonyl (C=O) groups excluding carboxylic acids is 1. The van der Waals surface area contributed by atoms with Crippen molar-refractivity contribution in [1.82, 2.24) is 0 Å². The van der Waals surface area contributed by atoms with Gasteiger partial charge >= 0.3 is 0 Å².